The Morgan fingerprint density at radius 3 is 2.37 bits per heavy atom. The second kappa shape index (κ2) is 14.5. The van der Waals surface area contributed by atoms with E-state index in [1.165, 1.54) is 13.0 Å². The molecule has 0 unspecified atom stereocenters. The van der Waals surface area contributed by atoms with Crippen molar-refractivity contribution >= 4 is 51.3 Å². The molecule has 14 heteroatoms. The number of aromatic nitrogens is 4. The molecule has 3 amide bonds. The minimum atomic E-state index is -0.691. The van der Waals surface area contributed by atoms with Gasteiger partial charge in [-0.3, -0.25) is 28.5 Å². The molecule has 3 heterocycles. The molecule has 0 bridgehead atoms. The van der Waals surface area contributed by atoms with E-state index in [0.29, 0.717) is 59.0 Å². The molecular formula is C35H42FN7O6. The number of aryl methyl sites for hydroxylation is 1. The monoisotopic (exact) mass is 675 g/mol. The Balaban J connectivity index is 1.40. The van der Waals surface area contributed by atoms with E-state index in [0.717, 1.165) is 5.52 Å². The van der Waals surface area contributed by atoms with Gasteiger partial charge in [0.25, 0.3) is 0 Å². The Morgan fingerprint density at radius 2 is 1.67 bits per heavy atom. The van der Waals surface area contributed by atoms with Gasteiger partial charge in [-0.1, -0.05) is 12.1 Å². The molecule has 2 aromatic carbocycles. The summed E-state index contributed by atoms with van der Waals surface area (Å²) in [6, 6.07) is 8.63. The smallest absolute Gasteiger partial charge is 0.325 e. The van der Waals surface area contributed by atoms with Crippen molar-refractivity contribution in [3.63, 3.8) is 0 Å². The van der Waals surface area contributed by atoms with Gasteiger partial charge in [-0.25, -0.2) is 4.39 Å². The lowest BCUT2D eigenvalue weighted by Gasteiger charge is -2.31. The van der Waals surface area contributed by atoms with E-state index in [4.69, 9.17) is 9.84 Å². The SMILES string of the molecule is CC(=O)CCC(=O)N1CCC(c2nn(CC(=O)NCC(=O)NCC(=O)OC(C)(C)C)c3cccc(-c4cc5c(cnn5C)cc4F)c23)CC1. The normalized spacial score (nSPS) is 13.9. The fourth-order valence-corrected chi connectivity index (χ4v) is 6.09. The number of amides is 3. The van der Waals surface area contributed by atoms with Crippen LogP contribution in [0.4, 0.5) is 4.39 Å². The van der Waals surface area contributed by atoms with Gasteiger partial charge in [-0.05, 0) is 64.3 Å². The number of halogens is 1. The summed E-state index contributed by atoms with van der Waals surface area (Å²) in [7, 11) is 1.79. The van der Waals surface area contributed by atoms with Crippen LogP contribution in [0.25, 0.3) is 32.9 Å². The zero-order valence-electron chi connectivity index (χ0n) is 28.5. The van der Waals surface area contributed by atoms with Crippen LogP contribution in [0.5, 0.6) is 0 Å². The average molecular weight is 676 g/mol. The van der Waals surface area contributed by atoms with Crippen LogP contribution in [-0.4, -0.2) is 85.7 Å². The van der Waals surface area contributed by atoms with Gasteiger partial charge in [0.05, 0.1) is 29.5 Å². The van der Waals surface area contributed by atoms with E-state index in [-0.39, 0.29) is 50.1 Å². The Morgan fingerprint density at radius 1 is 0.959 bits per heavy atom. The molecule has 1 fully saturated rings. The third-order valence-electron chi connectivity index (χ3n) is 8.45. The third kappa shape index (κ3) is 8.48. The number of carbonyl (C=O) groups is 5. The molecule has 49 heavy (non-hydrogen) atoms. The first-order valence-electron chi connectivity index (χ1n) is 16.3. The van der Waals surface area contributed by atoms with E-state index in [1.807, 2.05) is 12.1 Å². The summed E-state index contributed by atoms with van der Waals surface area (Å²) < 4.78 is 24.1. The van der Waals surface area contributed by atoms with Crippen molar-refractivity contribution in [2.75, 3.05) is 26.2 Å². The van der Waals surface area contributed by atoms with E-state index < -0.39 is 29.2 Å². The van der Waals surface area contributed by atoms with E-state index in [9.17, 15) is 24.0 Å². The third-order valence-corrected chi connectivity index (χ3v) is 8.45. The molecule has 1 saturated heterocycles. The van der Waals surface area contributed by atoms with Crippen LogP contribution in [0.2, 0.25) is 0 Å². The first-order valence-corrected chi connectivity index (χ1v) is 16.3. The van der Waals surface area contributed by atoms with Crippen LogP contribution < -0.4 is 10.6 Å². The fraction of sp³-hybridized carbons (Fsp3) is 0.457. The van der Waals surface area contributed by atoms with Crippen LogP contribution in [0, 0.1) is 5.82 Å². The van der Waals surface area contributed by atoms with Crippen molar-refractivity contribution in [3.8, 4) is 11.1 Å². The number of nitrogens with one attached hydrogen (secondary N) is 2. The van der Waals surface area contributed by atoms with Gasteiger partial charge in [-0.15, -0.1) is 0 Å². The quantitative estimate of drug-likeness (QED) is 0.229. The minimum Gasteiger partial charge on any atom is -0.459 e. The first-order chi connectivity index (χ1) is 23.2. The van der Waals surface area contributed by atoms with Crippen LogP contribution in [0.15, 0.2) is 36.5 Å². The van der Waals surface area contributed by atoms with Gasteiger partial charge in [0.2, 0.25) is 17.7 Å². The molecule has 0 aliphatic carbocycles. The van der Waals surface area contributed by atoms with Crippen LogP contribution in [0.3, 0.4) is 0 Å². The number of carbonyl (C=O) groups excluding carboxylic acids is 5. The maximum Gasteiger partial charge on any atom is 0.325 e. The van der Waals surface area contributed by atoms with E-state index in [1.54, 1.807) is 60.4 Å². The number of hydrogen-bond donors (Lipinski definition) is 2. The number of ketones is 1. The predicted octanol–water partition coefficient (Wildman–Crippen LogP) is 3.38. The zero-order chi connectivity index (χ0) is 35.5. The average Bonchev–Trinajstić information content (AvgIpc) is 3.60. The summed E-state index contributed by atoms with van der Waals surface area (Å²) in [6.07, 6.45) is 3.18. The number of esters is 1. The topological polar surface area (TPSA) is 158 Å². The van der Waals surface area contributed by atoms with Crippen LogP contribution >= 0.6 is 0 Å². The lowest BCUT2D eigenvalue weighted by atomic mass is 9.88. The van der Waals surface area contributed by atoms with E-state index in [2.05, 4.69) is 15.7 Å². The standard InChI is InChI=1S/C35H42FN7O6/c1-21(44)9-10-31(47)42-13-11-22(12-14-42)34-33-24(25-16-28-23(15-26(25)36)17-39-41(28)5)7-6-8-27(33)43(40-34)20-30(46)37-18-29(45)38-19-32(48)49-35(2,3)4/h6-8,15-17,22H,9-14,18-20H2,1-5H3,(H,37,46)(H,38,45). The summed E-state index contributed by atoms with van der Waals surface area (Å²) in [6.45, 7) is 6.68. The summed E-state index contributed by atoms with van der Waals surface area (Å²) >= 11 is 0. The Labute approximate surface area is 283 Å². The van der Waals surface area contributed by atoms with E-state index >= 15 is 4.39 Å². The predicted molar refractivity (Wildman–Crippen MR) is 180 cm³/mol. The Kier molecular flexibility index (Phi) is 10.4. The molecule has 0 saturated carbocycles. The molecule has 260 valence electrons. The minimum absolute atomic E-state index is 0.0326. The van der Waals surface area contributed by atoms with Crippen molar-refractivity contribution in [2.24, 2.45) is 7.05 Å². The van der Waals surface area contributed by atoms with Crippen molar-refractivity contribution in [1.29, 1.82) is 0 Å². The lowest BCUT2D eigenvalue weighted by Crippen LogP contribution is -2.41. The number of Topliss-reactive ketones (excluding diaryl/α,β-unsaturated/α-hetero) is 1. The number of nitrogens with zero attached hydrogens (tertiary/aromatic N) is 5. The van der Waals surface area contributed by atoms with Gasteiger partial charge in [0.1, 0.15) is 30.3 Å². The molecule has 5 rings (SSSR count). The van der Waals surface area contributed by atoms with Crippen molar-refractivity contribution in [2.45, 2.75) is 71.4 Å². The molecule has 0 spiro atoms. The maximum atomic E-state index is 15.7. The number of fused-ring (bicyclic) bond motifs is 2. The molecule has 1 aliphatic heterocycles. The highest BCUT2D eigenvalue weighted by Crippen LogP contribution is 2.39. The number of piperidine rings is 1. The fourth-order valence-electron chi connectivity index (χ4n) is 6.09. The van der Waals surface area contributed by atoms with Crippen LogP contribution in [0.1, 0.15) is 65.0 Å². The van der Waals surface area contributed by atoms with Crippen LogP contribution in [-0.2, 0) is 42.3 Å². The largest absolute Gasteiger partial charge is 0.459 e. The van der Waals surface area contributed by atoms with Crippen molar-refractivity contribution < 1.29 is 33.1 Å². The van der Waals surface area contributed by atoms with Gasteiger partial charge in [0, 0.05) is 55.2 Å². The number of ether oxygens (including phenoxy) is 1. The summed E-state index contributed by atoms with van der Waals surface area (Å²) in [5.74, 6) is -2.25. The second-order valence-electron chi connectivity index (χ2n) is 13.4. The molecule has 1 aliphatic rings. The highest BCUT2D eigenvalue weighted by molar-refractivity contribution is 6.00. The highest BCUT2D eigenvalue weighted by atomic mass is 19.1. The number of likely N-dealkylation sites (tertiary alicyclic amines) is 1. The zero-order valence-corrected chi connectivity index (χ0v) is 28.5. The maximum absolute atomic E-state index is 15.7. The first kappa shape index (κ1) is 35.2. The van der Waals surface area contributed by atoms with Gasteiger partial charge >= 0.3 is 5.97 Å². The highest BCUT2D eigenvalue weighted by Gasteiger charge is 2.29. The van der Waals surface area contributed by atoms with Gasteiger partial charge in [0.15, 0.2) is 0 Å². The Hall–Kier alpha value is -5.14. The number of rotatable bonds is 11. The number of hydrogen-bond acceptors (Lipinski definition) is 8. The van der Waals surface area contributed by atoms with Crippen molar-refractivity contribution in [1.82, 2.24) is 35.1 Å². The number of benzene rings is 2. The molecule has 0 radical (unpaired) electrons. The van der Waals surface area contributed by atoms with Crippen molar-refractivity contribution in [3.05, 3.63) is 48.0 Å². The lowest BCUT2D eigenvalue weighted by molar-refractivity contribution is -0.154. The van der Waals surface area contributed by atoms with Gasteiger partial charge in [-0.2, -0.15) is 10.2 Å². The molecule has 13 nitrogen and oxygen atoms in total. The molecular weight excluding hydrogens is 633 g/mol. The summed E-state index contributed by atoms with van der Waals surface area (Å²) in [5, 5.41) is 15.5. The molecule has 4 aromatic rings. The molecule has 2 N–H and O–H groups in total. The molecule has 2 aromatic heterocycles. The van der Waals surface area contributed by atoms with Gasteiger partial charge < -0.3 is 25.1 Å². The second-order valence-corrected chi connectivity index (χ2v) is 13.4. The summed E-state index contributed by atoms with van der Waals surface area (Å²) in [4.78, 5) is 63.2. The Bertz CT molecular complexity index is 1920. The molecule has 0 atom stereocenters. The summed E-state index contributed by atoms with van der Waals surface area (Å²) in [5.41, 5.74) is 2.34.